The molecule has 0 radical (unpaired) electrons. The largest absolute Gasteiger partial charge is 0.394 e. The molecule has 60 valence electrons. The summed E-state index contributed by atoms with van der Waals surface area (Å²) in [6, 6.07) is 0. The van der Waals surface area contributed by atoms with Crippen LogP contribution in [-0.4, -0.2) is 38.1 Å². The molecule has 0 aliphatic heterocycles. The van der Waals surface area contributed by atoms with Crippen molar-refractivity contribution < 1.29 is 14.6 Å². The Hall–Kier alpha value is -0.380. The van der Waals surface area contributed by atoms with Gasteiger partial charge in [-0.3, -0.25) is 0 Å². The van der Waals surface area contributed by atoms with Crippen LogP contribution < -0.4 is 0 Å². The number of aliphatic hydroxyl groups excluding tert-OH is 1. The molecule has 0 saturated carbocycles. The van der Waals surface area contributed by atoms with Gasteiger partial charge in [0.25, 0.3) is 0 Å². The van der Waals surface area contributed by atoms with Gasteiger partial charge < -0.3 is 14.6 Å². The Kier molecular flexibility index (Phi) is 6.48. The van der Waals surface area contributed by atoms with E-state index < -0.39 is 0 Å². The molecule has 0 fully saturated rings. The summed E-state index contributed by atoms with van der Waals surface area (Å²) in [6.45, 7) is 4.41. The summed E-state index contributed by atoms with van der Waals surface area (Å²) in [5.74, 6) is 0. The lowest BCUT2D eigenvalue weighted by Crippen LogP contribution is -2.16. The van der Waals surface area contributed by atoms with Crippen LogP contribution in [0.5, 0.6) is 0 Å². The Labute approximate surface area is 61.3 Å². The SMILES string of the molecule is C=C[C@@H](COCCO)OC. The fourth-order valence-electron chi connectivity index (χ4n) is 0.496. The first kappa shape index (κ1) is 9.62. The number of rotatable bonds is 6. The highest BCUT2D eigenvalue weighted by Crippen LogP contribution is 1.90. The summed E-state index contributed by atoms with van der Waals surface area (Å²) < 4.78 is 9.90. The van der Waals surface area contributed by atoms with Crippen molar-refractivity contribution in [2.75, 3.05) is 26.9 Å². The van der Waals surface area contributed by atoms with Crippen LogP contribution in [0.1, 0.15) is 0 Å². The predicted molar refractivity (Wildman–Crippen MR) is 38.9 cm³/mol. The van der Waals surface area contributed by atoms with Crippen LogP contribution in [0.4, 0.5) is 0 Å². The van der Waals surface area contributed by atoms with Crippen LogP contribution in [0.15, 0.2) is 12.7 Å². The molecule has 0 bridgehead atoms. The molecular weight excluding hydrogens is 132 g/mol. The lowest BCUT2D eigenvalue weighted by atomic mass is 10.4. The van der Waals surface area contributed by atoms with E-state index in [9.17, 15) is 0 Å². The molecule has 0 aromatic rings. The van der Waals surface area contributed by atoms with Crippen LogP contribution >= 0.6 is 0 Å². The molecule has 0 aliphatic carbocycles. The third-order valence-electron chi connectivity index (χ3n) is 1.08. The normalized spacial score (nSPS) is 13.0. The van der Waals surface area contributed by atoms with Gasteiger partial charge in [-0.05, 0) is 0 Å². The van der Waals surface area contributed by atoms with Gasteiger partial charge in [0.15, 0.2) is 0 Å². The van der Waals surface area contributed by atoms with Crippen molar-refractivity contribution in [3.8, 4) is 0 Å². The molecular formula is C7H14O3. The van der Waals surface area contributed by atoms with Crippen molar-refractivity contribution in [1.82, 2.24) is 0 Å². The Balaban J connectivity index is 3.17. The molecule has 0 aromatic carbocycles. The van der Waals surface area contributed by atoms with Gasteiger partial charge >= 0.3 is 0 Å². The number of hydrogen-bond donors (Lipinski definition) is 1. The molecule has 0 spiro atoms. The minimum absolute atomic E-state index is 0.0492. The van der Waals surface area contributed by atoms with Gasteiger partial charge in [-0.25, -0.2) is 0 Å². The zero-order valence-corrected chi connectivity index (χ0v) is 6.25. The maximum atomic E-state index is 8.33. The molecule has 0 saturated heterocycles. The lowest BCUT2D eigenvalue weighted by molar-refractivity contribution is 0.0196. The standard InChI is InChI=1S/C7H14O3/c1-3-7(9-2)6-10-5-4-8/h3,7-8H,1,4-6H2,2H3/t7-/m0/s1. The third kappa shape index (κ3) is 4.49. The van der Waals surface area contributed by atoms with E-state index in [0.717, 1.165) is 0 Å². The van der Waals surface area contributed by atoms with E-state index in [1.54, 1.807) is 13.2 Å². The third-order valence-corrected chi connectivity index (χ3v) is 1.08. The van der Waals surface area contributed by atoms with E-state index in [-0.39, 0.29) is 12.7 Å². The highest BCUT2D eigenvalue weighted by Gasteiger charge is 1.99. The number of methoxy groups -OCH3 is 1. The van der Waals surface area contributed by atoms with Gasteiger partial charge in [0.05, 0.1) is 25.9 Å². The second kappa shape index (κ2) is 6.74. The zero-order valence-electron chi connectivity index (χ0n) is 6.25. The molecule has 0 aliphatic rings. The minimum atomic E-state index is -0.0634. The monoisotopic (exact) mass is 146 g/mol. The summed E-state index contributed by atoms with van der Waals surface area (Å²) in [5, 5.41) is 8.33. The first-order valence-corrected chi connectivity index (χ1v) is 3.19. The second-order valence-corrected chi connectivity index (χ2v) is 1.81. The maximum absolute atomic E-state index is 8.33. The van der Waals surface area contributed by atoms with E-state index >= 15 is 0 Å². The smallest absolute Gasteiger partial charge is 0.0982 e. The van der Waals surface area contributed by atoms with Gasteiger partial charge in [-0.15, -0.1) is 6.58 Å². The van der Waals surface area contributed by atoms with Gasteiger partial charge in [0.1, 0.15) is 0 Å². The molecule has 0 amide bonds. The molecule has 1 atom stereocenters. The Morgan fingerprint density at radius 1 is 1.70 bits per heavy atom. The fraction of sp³-hybridized carbons (Fsp3) is 0.714. The first-order valence-electron chi connectivity index (χ1n) is 3.19. The van der Waals surface area contributed by atoms with Crippen molar-refractivity contribution in [3.63, 3.8) is 0 Å². The Bertz CT molecular complexity index is 82.9. The number of hydrogen-bond acceptors (Lipinski definition) is 3. The van der Waals surface area contributed by atoms with Crippen LogP contribution in [0.2, 0.25) is 0 Å². The molecule has 1 N–H and O–H groups in total. The van der Waals surface area contributed by atoms with E-state index in [1.807, 2.05) is 0 Å². The van der Waals surface area contributed by atoms with E-state index in [0.29, 0.717) is 13.2 Å². The molecule has 3 nitrogen and oxygen atoms in total. The number of aliphatic hydroxyl groups is 1. The van der Waals surface area contributed by atoms with Gasteiger partial charge in [0, 0.05) is 7.11 Å². The fourth-order valence-corrected chi connectivity index (χ4v) is 0.496. The quantitative estimate of drug-likeness (QED) is 0.429. The van der Waals surface area contributed by atoms with Crippen LogP contribution in [0.3, 0.4) is 0 Å². The average molecular weight is 146 g/mol. The van der Waals surface area contributed by atoms with Crippen molar-refractivity contribution in [2.24, 2.45) is 0 Å². The van der Waals surface area contributed by atoms with E-state index in [1.165, 1.54) is 0 Å². The molecule has 0 heterocycles. The van der Waals surface area contributed by atoms with Crippen molar-refractivity contribution in [2.45, 2.75) is 6.10 Å². The predicted octanol–water partition coefficient (Wildman–Crippen LogP) is 0.196. The second-order valence-electron chi connectivity index (χ2n) is 1.81. The summed E-state index contributed by atoms with van der Waals surface area (Å²) in [7, 11) is 1.59. The first-order chi connectivity index (χ1) is 4.85. The van der Waals surface area contributed by atoms with Gasteiger partial charge in [-0.2, -0.15) is 0 Å². The topological polar surface area (TPSA) is 38.7 Å². The molecule has 0 unspecified atom stereocenters. The Morgan fingerprint density at radius 3 is 2.80 bits per heavy atom. The molecule has 0 aromatic heterocycles. The summed E-state index contributed by atoms with van der Waals surface area (Å²) in [5.41, 5.74) is 0. The Morgan fingerprint density at radius 2 is 2.40 bits per heavy atom. The molecule has 10 heavy (non-hydrogen) atoms. The maximum Gasteiger partial charge on any atom is 0.0982 e. The summed E-state index contributed by atoms with van der Waals surface area (Å²) in [4.78, 5) is 0. The van der Waals surface area contributed by atoms with Crippen molar-refractivity contribution in [3.05, 3.63) is 12.7 Å². The minimum Gasteiger partial charge on any atom is -0.394 e. The van der Waals surface area contributed by atoms with E-state index in [2.05, 4.69) is 6.58 Å². The number of ether oxygens (including phenoxy) is 2. The van der Waals surface area contributed by atoms with Gasteiger partial charge in [-0.1, -0.05) is 6.08 Å². The highest BCUT2D eigenvalue weighted by atomic mass is 16.5. The average Bonchev–Trinajstić information content (AvgIpc) is 1.99. The van der Waals surface area contributed by atoms with Crippen molar-refractivity contribution >= 4 is 0 Å². The van der Waals surface area contributed by atoms with Crippen LogP contribution in [0.25, 0.3) is 0 Å². The molecule has 3 heteroatoms. The van der Waals surface area contributed by atoms with E-state index in [4.69, 9.17) is 14.6 Å². The van der Waals surface area contributed by atoms with Crippen molar-refractivity contribution in [1.29, 1.82) is 0 Å². The van der Waals surface area contributed by atoms with Crippen LogP contribution in [0, 0.1) is 0 Å². The highest BCUT2D eigenvalue weighted by molar-refractivity contribution is 4.78. The zero-order chi connectivity index (χ0) is 7.82. The van der Waals surface area contributed by atoms with Gasteiger partial charge in [0.2, 0.25) is 0 Å². The van der Waals surface area contributed by atoms with Crippen LogP contribution in [-0.2, 0) is 9.47 Å². The summed E-state index contributed by atoms with van der Waals surface area (Å²) >= 11 is 0. The summed E-state index contributed by atoms with van der Waals surface area (Å²) in [6.07, 6.45) is 1.60. The lowest BCUT2D eigenvalue weighted by Gasteiger charge is -2.09. The molecule has 0 rings (SSSR count).